The van der Waals surface area contributed by atoms with Gasteiger partial charge in [-0.2, -0.15) is 0 Å². The molecule has 0 spiro atoms. The number of amides is 2. The number of rotatable bonds is 6. The Kier molecular flexibility index (Phi) is 6.03. The van der Waals surface area contributed by atoms with Gasteiger partial charge in [0, 0.05) is 26.1 Å². The predicted octanol–water partition coefficient (Wildman–Crippen LogP) is 2.53. The molecular weight excluding hydrogens is 256 g/mol. The molecule has 0 aliphatic heterocycles. The third-order valence-electron chi connectivity index (χ3n) is 2.95. The van der Waals surface area contributed by atoms with Crippen LogP contribution in [0, 0.1) is 0 Å². The molecule has 20 heavy (non-hydrogen) atoms. The second-order valence-corrected chi connectivity index (χ2v) is 4.68. The minimum atomic E-state index is -0.202. The number of nitrogens with one attached hydrogen (secondary N) is 1. The van der Waals surface area contributed by atoms with E-state index >= 15 is 0 Å². The fourth-order valence-corrected chi connectivity index (χ4v) is 1.85. The third kappa shape index (κ3) is 4.26. The first-order valence-electron chi connectivity index (χ1n) is 6.70. The molecule has 0 aliphatic rings. The van der Waals surface area contributed by atoms with Crippen molar-refractivity contribution in [2.45, 2.75) is 26.7 Å². The van der Waals surface area contributed by atoms with Gasteiger partial charge >= 0.3 is 0 Å². The van der Waals surface area contributed by atoms with Gasteiger partial charge in [0.25, 0.3) is 5.91 Å². The van der Waals surface area contributed by atoms with Crippen LogP contribution >= 0.6 is 0 Å². The Morgan fingerprint density at radius 3 is 2.60 bits per heavy atom. The molecule has 1 N–H and O–H groups in total. The topological polar surface area (TPSA) is 58.6 Å². The highest BCUT2D eigenvalue weighted by Gasteiger charge is 2.14. The Hall–Kier alpha value is -2.04. The maximum absolute atomic E-state index is 12.3. The van der Waals surface area contributed by atoms with E-state index in [-0.39, 0.29) is 11.8 Å². The number of anilines is 1. The number of methoxy groups -OCH3 is 1. The smallest absolute Gasteiger partial charge is 0.253 e. The second-order valence-electron chi connectivity index (χ2n) is 4.68. The molecule has 5 nitrogen and oxygen atoms in total. The summed E-state index contributed by atoms with van der Waals surface area (Å²) in [5.74, 6) is 0.271. The van der Waals surface area contributed by atoms with Crippen molar-refractivity contribution in [2.24, 2.45) is 0 Å². The quantitative estimate of drug-likeness (QED) is 0.870. The molecule has 1 aromatic rings. The minimum Gasteiger partial charge on any atom is -0.495 e. The molecule has 0 saturated heterocycles. The average molecular weight is 278 g/mol. The predicted molar refractivity (Wildman–Crippen MR) is 79.2 cm³/mol. The van der Waals surface area contributed by atoms with Gasteiger partial charge in [-0.25, -0.2) is 0 Å². The molecule has 1 rings (SSSR count). The number of carbonyl (C=O) groups excluding carboxylic acids is 2. The van der Waals surface area contributed by atoms with Crippen molar-refractivity contribution in [3.63, 3.8) is 0 Å². The van der Waals surface area contributed by atoms with Crippen molar-refractivity contribution < 1.29 is 14.3 Å². The van der Waals surface area contributed by atoms with Gasteiger partial charge in [0.15, 0.2) is 0 Å². The highest BCUT2D eigenvalue weighted by atomic mass is 16.5. The van der Waals surface area contributed by atoms with Crippen LogP contribution in [0.1, 0.15) is 37.0 Å². The lowest BCUT2D eigenvalue weighted by molar-refractivity contribution is -0.114. The Bertz CT molecular complexity index is 486. The number of benzene rings is 1. The molecule has 0 saturated carbocycles. The molecule has 2 amide bonds. The number of hydrogen-bond donors (Lipinski definition) is 1. The van der Waals surface area contributed by atoms with Gasteiger partial charge in [-0.1, -0.05) is 13.3 Å². The van der Waals surface area contributed by atoms with Crippen LogP contribution in [0.2, 0.25) is 0 Å². The lowest BCUT2D eigenvalue weighted by atomic mass is 10.1. The molecule has 0 atom stereocenters. The monoisotopic (exact) mass is 278 g/mol. The van der Waals surface area contributed by atoms with Crippen LogP contribution in [0.5, 0.6) is 5.75 Å². The number of ether oxygens (including phenoxy) is 1. The molecule has 1 aromatic carbocycles. The Morgan fingerprint density at radius 1 is 1.35 bits per heavy atom. The number of hydrogen-bond acceptors (Lipinski definition) is 3. The van der Waals surface area contributed by atoms with Crippen LogP contribution in [0.3, 0.4) is 0 Å². The van der Waals surface area contributed by atoms with Gasteiger partial charge in [-0.05, 0) is 24.6 Å². The van der Waals surface area contributed by atoms with E-state index < -0.39 is 0 Å². The summed E-state index contributed by atoms with van der Waals surface area (Å²) in [4.78, 5) is 25.1. The highest BCUT2D eigenvalue weighted by Crippen LogP contribution is 2.26. The zero-order chi connectivity index (χ0) is 15.1. The van der Waals surface area contributed by atoms with Crippen LogP contribution < -0.4 is 10.1 Å². The first-order valence-corrected chi connectivity index (χ1v) is 6.70. The van der Waals surface area contributed by atoms with Crippen LogP contribution in [-0.4, -0.2) is 37.4 Å². The second kappa shape index (κ2) is 7.53. The minimum absolute atomic E-state index is 0.0623. The first kappa shape index (κ1) is 16.0. The normalized spacial score (nSPS) is 10.0. The lowest BCUT2D eigenvalue weighted by Gasteiger charge is -2.18. The maximum Gasteiger partial charge on any atom is 0.253 e. The summed E-state index contributed by atoms with van der Waals surface area (Å²) in [7, 11) is 3.30. The van der Waals surface area contributed by atoms with Gasteiger partial charge in [0.2, 0.25) is 5.91 Å². The molecule has 0 unspecified atom stereocenters. The van der Waals surface area contributed by atoms with Crippen LogP contribution in [-0.2, 0) is 4.79 Å². The highest BCUT2D eigenvalue weighted by molar-refractivity contribution is 5.97. The van der Waals surface area contributed by atoms with Gasteiger partial charge < -0.3 is 15.0 Å². The third-order valence-corrected chi connectivity index (χ3v) is 2.95. The van der Waals surface area contributed by atoms with E-state index in [2.05, 4.69) is 12.2 Å². The summed E-state index contributed by atoms with van der Waals surface area (Å²) >= 11 is 0. The van der Waals surface area contributed by atoms with E-state index in [0.29, 0.717) is 17.0 Å². The largest absolute Gasteiger partial charge is 0.495 e. The summed E-state index contributed by atoms with van der Waals surface area (Å²) in [6.07, 6.45) is 2.01. The van der Waals surface area contributed by atoms with Crippen molar-refractivity contribution in [3.05, 3.63) is 23.8 Å². The SMILES string of the molecule is CCCCN(C)C(=O)c1ccc(OC)c(NC(C)=O)c1. The van der Waals surface area contributed by atoms with Gasteiger partial charge in [-0.3, -0.25) is 9.59 Å². The van der Waals surface area contributed by atoms with Crippen LogP contribution in [0.15, 0.2) is 18.2 Å². The van der Waals surface area contributed by atoms with Gasteiger partial charge in [0.1, 0.15) is 5.75 Å². The first-order chi connectivity index (χ1) is 9.49. The van der Waals surface area contributed by atoms with Crippen LogP contribution in [0.25, 0.3) is 0 Å². The molecular formula is C15H22N2O3. The zero-order valence-electron chi connectivity index (χ0n) is 12.5. The van der Waals surface area contributed by atoms with E-state index in [1.807, 2.05) is 0 Å². The Labute approximate surface area is 119 Å². The fourth-order valence-electron chi connectivity index (χ4n) is 1.85. The average Bonchev–Trinajstić information content (AvgIpc) is 2.43. The van der Waals surface area contributed by atoms with Crippen molar-refractivity contribution in [1.29, 1.82) is 0 Å². The van der Waals surface area contributed by atoms with E-state index in [4.69, 9.17) is 4.74 Å². The summed E-state index contributed by atoms with van der Waals surface area (Å²) in [6.45, 7) is 4.22. The van der Waals surface area contributed by atoms with Crippen molar-refractivity contribution in [1.82, 2.24) is 4.90 Å². The summed E-state index contributed by atoms with van der Waals surface area (Å²) in [5.41, 5.74) is 1.04. The van der Waals surface area contributed by atoms with Crippen molar-refractivity contribution >= 4 is 17.5 Å². The Balaban J connectivity index is 2.95. The zero-order valence-corrected chi connectivity index (χ0v) is 12.5. The lowest BCUT2D eigenvalue weighted by Crippen LogP contribution is -2.27. The number of nitrogens with zero attached hydrogens (tertiary/aromatic N) is 1. The molecule has 0 heterocycles. The van der Waals surface area contributed by atoms with Crippen LogP contribution in [0.4, 0.5) is 5.69 Å². The fraction of sp³-hybridized carbons (Fsp3) is 0.467. The van der Waals surface area contributed by atoms with Crippen molar-refractivity contribution in [2.75, 3.05) is 26.0 Å². The molecule has 0 bridgehead atoms. The number of unbranched alkanes of at least 4 members (excludes halogenated alkanes) is 1. The van der Waals surface area contributed by atoms with E-state index in [9.17, 15) is 9.59 Å². The summed E-state index contributed by atoms with van der Waals surface area (Å²) in [6, 6.07) is 5.03. The van der Waals surface area contributed by atoms with E-state index in [0.717, 1.165) is 19.4 Å². The summed E-state index contributed by atoms with van der Waals surface area (Å²) in [5, 5.41) is 2.67. The maximum atomic E-state index is 12.3. The molecule has 0 aliphatic carbocycles. The Morgan fingerprint density at radius 2 is 2.05 bits per heavy atom. The number of carbonyl (C=O) groups is 2. The molecule has 0 fully saturated rings. The molecule has 0 aromatic heterocycles. The molecule has 0 radical (unpaired) electrons. The molecule has 110 valence electrons. The van der Waals surface area contributed by atoms with E-state index in [1.165, 1.54) is 14.0 Å². The summed E-state index contributed by atoms with van der Waals surface area (Å²) < 4.78 is 5.17. The van der Waals surface area contributed by atoms with Crippen molar-refractivity contribution in [3.8, 4) is 5.75 Å². The van der Waals surface area contributed by atoms with Gasteiger partial charge in [-0.15, -0.1) is 0 Å². The van der Waals surface area contributed by atoms with Gasteiger partial charge in [0.05, 0.1) is 12.8 Å². The molecule has 5 heteroatoms. The van der Waals surface area contributed by atoms with E-state index in [1.54, 1.807) is 30.1 Å². The standard InChI is InChI=1S/C15H22N2O3/c1-5-6-9-17(3)15(19)12-7-8-14(20-4)13(10-12)16-11(2)18/h7-8,10H,5-6,9H2,1-4H3,(H,16,18).